The third-order valence-corrected chi connectivity index (χ3v) is 2.13. The van der Waals surface area contributed by atoms with Gasteiger partial charge >= 0.3 is 0 Å². The van der Waals surface area contributed by atoms with Crippen molar-refractivity contribution in [2.45, 2.75) is 0 Å². The van der Waals surface area contributed by atoms with Crippen molar-refractivity contribution in [1.82, 2.24) is 0 Å². The normalized spacial score (nSPS) is 11.5. The predicted molar refractivity (Wildman–Crippen MR) is 60.1 cm³/mol. The zero-order chi connectivity index (χ0) is 11.4. The number of nitro groups is 1. The summed E-state index contributed by atoms with van der Waals surface area (Å²) in [5.41, 5.74) is 5.21. The fourth-order valence-electron chi connectivity index (χ4n) is 0.935. The molecular weight excluding hydrogens is 241 g/mol. The van der Waals surface area contributed by atoms with Crippen LogP contribution in [-0.4, -0.2) is 16.6 Å². The molecule has 0 aliphatic heterocycles. The Morgan fingerprint density at radius 1 is 1.60 bits per heavy atom. The Hall–Kier alpha value is -1.33. The SMILES string of the molecule is NC(CCl)=Nc1c(Cl)cccc1[N+](=O)[O-]. The number of nitrogens with two attached hydrogens (primary N) is 1. The van der Waals surface area contributed by atoms with E-state index in [9.17, 15) is 10.1 Å². The maximum Gasteiger partial charge on any atom is 0.296 e. The molecule has 0 atom stereocenters. The summed E-state index contributed by atoms with van der Waals surface area (Å²) in [6.07, 6.45) is 0. The fourth-order valence-corrected chi connectivity index (χ4v) is 1.21. The molecule has 1 aromatic rings. The molecular formula is C8H7Cl2N3O2. The summed E-state index contributed by atoms with van der Waals surface area (Å²) in [4.78, 5) is 13.9. The van der Waals surface area contributed by atoms with Gasteiger partial charge < -0.3 is 5.73 Å². The first-order valence-electron chi connectivity index (χ1n) is 3.88. The fraction of sp³-hybridized carbons (Fsp3) is 0.125. The summed E-state index contributed by atoms with van der Waals surface area (Å²) in [5, 5.41) is 10.8. The minimum atomic E-state index is -0.577. The van der Waals surface area contributed by atoms with Crippen LogP contribution in [0.5, 0.6) is 0 Å². The zero-order valence-corrected chi connectivity index (χ0v) is 9.00. The number of benzene rings is 1. The lowest BCUT2D eigenvalue weighted by molar-refractivity contribution is -0.384. The van der Waals surface area contributed by atoms with Gasteiger partial charge in [-0.25, -0.2) is 4.99 Å². The molecule has 0 fully saturated rings. The van der Waals surface area contributed by atoms with Crippen LogP contribution >= 0.6 is 23.2 Å². The van der Waals surface area contributed by atoms with Gasteiger partial charge in [0.1, 0.15) is 5.84 Å². The molecule has 0 aromatic heterocycles. The number of halogens is 2. The minimum absolute atomic E-state index is 0.0115. The average molecular weight is 248 g/mol. The van der Waals surface area contributed by atoms with E-state index in [1.54, 1.807) is 0 Å². The molecule has 5 nitrogen and oxygen atoms in total. The molecule has 0 spiro atoms. The third-order valence-electron chi connectivity index (χ3n) is 1.55. The number of hydrogen-bond acceptors (Lipinski definition) is 3. The van der Waals surface area contributed by atoms with E-state index in [1.165, 1.54) is 18.2 Å². The van der Waals surface area contributed by atoms with Crippen LogP contribution in [0.25, 0.3) is 0 Å². The maximum atomic E-state index is 10.6. The number of nitro benzene ring substituents is 1. The second-order valence-electron chi connectivity index (χ2n) is 2.60. The number of nitrogens with zero attached hydrogens (tertiary/aromatic N) is 2. The van der Waals surface area contributed by atoms with Gasteiger partial charge in [-0.15, -0.1) is 11.6 Å². The van der Waals surface area contributed by atoms with Crippen LogP contribution in [0.2, 0.25) is 5.02 Å². The Bertz CT molecular complexity index is 420. The summed E-state index contributed by atoms with van der Waals surface area (Å²) in [7, 11) is 0. The van der Waals surface area contributed by atoms with E-state index < -0.39 is 4.92 Å². The Kier molecular flexibility index (Phi) is 3.88. The summed E-state index contributed by atoms with van der Waals surface area (Å²) in [6, 6.07) is 4.26. The third kappa shape index (κ3) is 2.81. The molecule has 0 radical (unpaired) electrons. The first-order chi connectivity index (χ1) is 7.06. The van der Waals surface area contributed by atoms with Crippen LogP contribution in [-0.2, 0) is 0 Å². The quantitative estimate of drug-likeness (QED) is 0.293. The number of hydrogen-bond donors (Lipinski definition) is 1. The number of para-hydroxylation sites is 1. The Labute approximate surface area is 95.7 Å². The number of alkyl halides is 1. The highest BCUT2D eigenvalue weighted by Crippen LogP contribution is 2.34. The van der Waals surface area contributed by atoms with Gasteiger partial charge in [0.2, 0.25) is 0 Å². The lowest BCUT2D eigenvalue weighted by Gasteiger charge is -2.00. The highest BCUT2D eigenvalue weighted by atomic mass is 35.5. The Balaban J connectivity index is 3.31. The molecule has 0 aliphatic carbocycles. The highest BCUT2D eigenvalue weighted by Gasteiger charge is 2.16. The van der Waals surface area contributed by atoms with E-state index in [1.807, 2.05) is 0 Å². The molecule has 1 aromatic carbocycles. The lowest BCUT2D eigenvalue weighted by Crippen LogP contribution is -2.12. The summed E-state index contributed by atoms with van der Waals surface area (Å²) in [6.45, 7) is 0. The molecule has 0 heterocycles. The second kappa shape index (κ2) is 4.95. The topological polar surface area (TPSA) is 81.5 Å². The summed E-state index contributed by atoms with van der Waals surface area (Å²) >= 11 is 11.2. The van der Waals surface area contributed by atoms with Crippen molar-refractivity contribution in [1.29, 1.82) is 0 Å². The van der Waals surface area contributed by atoms with Crippen LogP contribution < -0.4 is 5.73 Å². The largest absolute Gasteiger partial charge is 0.386 e. The van der Waals surface area contributed by atoms with Crippen molar-refractivity contribution >= 4 is 40.4 Å². The number of amidine groups is 1. The molecule has 0 unspecified atom stereocenters. The van der Waals surface area contributed by atoms with E-state index in [2.05, 4.69) is 4.99 Å². The molecule has 0 amide bonds. The standard InChI is InChI=1S/C8H7Cl2N3O2/c9-4-7(11)12-8-5(10)2-1-3-6(8)13(14)15/h1-3H,4H2,(H2,11,12). The van der Waals surface area contributed by atoms with Crippen molar-refractivity contribution in [3.05, 3.63) is 33.3 Å². The molecule has 7 heteroatoms. The van der Waals surface area contributed by atoms with Crippen LogP contribution in [0, 0.1) is 10.1 Å². The van der Waals surface area contributed by atoms with Crippen molar-refractivity contribution in [2.75, 3.05) is 5.88 Å². The van der Waals surface area contributed by atoms with Gasteiger partial charge in [-0.1, -0.05) is 17.7 Å². The Morgan fingerprint density at radius 2 is 2.27 bits per heavy atom. The van der Waals surface area contributed by atoms with Crippen molar-refractivity contribution in [2.24, 2.45) is 10.7 Å². The molecule has 0 saturated carbocycles. The minimum Gasteiger partial charge on any atom is -0.386 e. The van der Waals surface area contributed by atoms with Crippen LogP contribution in [0.3, 0.4) is 0 Å². The van der Waals surface area contributed by atoms with E-state index >= 15 is 0 Å². The van der Waals surface area contributed by atoms with Crippen LogP contribution in [0.4, 0.5) is 11.4 Å². The smallest absolute Gasteiger partial charge is 0.296 e. The summed E-state index contributed by atoms with van der Waals surface area (Å²) in [5.74, 6) is 0.0652. The molecule has 2 N–H and O–H groups in total. The summed E-state index contributed by atoms with van der Waals surface area (Å²) < 4.78 is 0. The van der Waals surface area contributed by atoms with Gasteiger partial charge in [0.25, 0.3) is 5.69 Å². The van der Waals surface area contributed by atoms with E-state index in [-0.39, 0.29) is 28.1 Å². The van der Waals surface area contributed by atoms with Gasteiger partial charge in [-0.3, -0.25) is 10.1 Å². The van der Waals surface area contributed by atoms with Gasteiger partial charge in [0, 0.05) is 6.07 Å². The van der Waals surface area contributed by atoms with E-state index in [0.29, 0.717) is 0 Å². The molecule has 0 bridgehead atoms. The van der Waals surface area contributed by atoms with Crippen LogP contribution in [0.15, 0.2) is 23.2 Å². The van der Waals surface area contributed by atoms with Gasteiger partial charge in [-0.05, 0) is 6.07 Å². The van der Waals surface area contributed by atoms with E-state index in [4.69, 9.17) is 28.9 Å². The van der Waals surface area contributed by atoms with Crippen molar-refractivity contribution in [3.8, 4) is 0 Å². The molecule has 15 heavy (non-hydrogen) atoms. The molecule has 0 aliphatic rings. The first-order valence-corrected chi connectivity index (χ1v) is 4.79. The zero-order valence-electron chi connectivity index (χ0n) is 7.48. The van der Waals surface area contributed by atoms with Crippen molar-refractivity contribution in [3.63, 3.8) is 0 Å². The number of rotatable bonds is 3. The number of aliphatic imine (C=N–C) groups is 1. The van der Waals surface area contributed by atoms with Gasteiger partial charge in [-0.2, -0.15) is 0 Å². The average Bonchev–Trinajstić information content (AvgIpc) is 2.20. The highest BCUT2D eigenvalue weighted by molar-refractivity contribution is 6.34. The monoisotopic (exact) mass is 247 g/mol. The molecule has 80 valence electrons. The predicted octanol–water partition coefficient (Wildman–Crippen LogP) is 2.48. The Morgan fingerprint density at radius 3 is 2.80 bits per heavy atom. The van der Waals surface area contributed by atoms with Crippen molar-refractivity contribution < 1.29 is 4.92 Å². The lowest BCUT2D eigenvalue weighted by atomic mass is 10.3. The first kappa shape index (κ1) is 11.7. The van der Waals surface area contributed by atoms with Gasteiger partial charge in [0.15, 0.2) is 5.69 Å². The molecule has 1 rings (SSSR count). The molecule has 0 saturated heterocycles. The van der Waals surface area contributed by atoms with Crippen LogP contribution in [0.1, 0.15) is 0 Å². The van der Waals surface area contributed by atoms with E-state index in [0.717, 1.165) is 0 Å². The maximum absolute atomic E-state index is 10.6. The van der Waals surface area contributed by atoms with Gasteiger partial charge in [0.05, 0.1) is 15.8 Å². The second-order valence-corrected chi connectivity index (χ2v) is 3.28.